The second kappa shape index (κ2) is 9.20. The summed E-state index contributed by atoms with van der Waals surface area (Å²) in [7, 11) is 0. The number of amides is 2. The molecule has 1 aliphatic carbocycles. The zero-order valence-corrected chi connectivity index (χ0v) is 18.5. The van der Waals surface area contributed by atoms with Crippen molar-refractivity contribution in [1.29, 1.82) is 0 Å². The number of carbonyl (C=O) groups excluding carboxylic acids is 2. The van der Waals surface area contributed by atoms with Crippen molar-refractivity contribution in [2.24, 2.45) is 5.92 Å². The topological polar surface area (TPSA) is 99.5 Å². The highest BCUT2D eigenvalue weighted by Crippen LogP contribution is 2.31. The smallest absolute Gasteiger partial charge is 0.249 e. The molecule has 0 bridgehead atoms. The van der Waals surface area contributed by atoms with E-state index in [1.165, 1.54) is 12.8 Å². The summed E-state index contributed by atoms with van der Waals surface area (Å²) in [5.74, 6) is 0.566. The van der Waals surface area contributed by atoms with Crippen LogP contribution in [0.1, 0.15) is 59.8 Å². The standard InChI is InChI=1S/C22H35N5O3/c1-15(2)23-17-12-20(28)27(13-17)18(11-16-7-5-6-8-16)21(29)24-19-9-10-26(25-19)14-22(3,4)30/h9-10,12,15-16,18,23,30H,5-8,11,13-14H2,1-4H3,(H,24,25,29). The summed E-state index contributed by atoms with van der Waals surface area (Å²) in [5.41, 5.74) is -0.0418. The number of hydrogen-bond acceptors (Lipinski definition) is 5. The summed E-state index contributed by atoms with van der Waals surface area (Å²) in [5, 5.41) is 20.5. The van der Waals surface area contributed by atoms with Gasteiger partial charge in [-0.25, -0.2) is 0 Å². The van der Waals surface area contributed by atoms with E-state index in [0.29, 0.717) is 31.2 Å². The SMILES string of the molecule is CC(C)NC1=CC(=O)N(C(CC2CCCC2)C(=O)Nc2ccn(CC(C)(C)O)n2)C1. The van der Waals surface area contributed by atoms with E-state index in [0.717, 1.165) is 18.5 Å². The fraction of sp³-hybridized carbons (Fsp3) is 0.682. The number of aromatic nitrogens is 2. The van der Waals surface area contributed by atoms with E-state index >= 15 is 0 Å². The first-order valence-corrected chi connectivity index (χ1v) is 10.9. The summed E-state index contributed by atoms with van der Waals surface area (Å²) in [6, 6.07) is 1.42. The molecule has 1 aromatic heterocycles. The number of nitrogens with one attached hydrogen (secondary N) is 2. The van der Waals surface area contributed by atoms with Crippen LogP contribution in [0.15, 0.2) is 24.0 Å². The summed E-state index contributed by atoms with van der Waals surface area (Å²) < 4.78 is 1.61. The Bertz CT molecular complexity index is 787. The van der Waals surface area contributed by atoms with Gasteiger partial charge in [0.2, 0.25) is 11.8 Å². The minimum absolute atomic E-state index is 0.121. The average Bonchev–Trinajstić information content (AvgIpc) is 3.33. The maximum atomic E-state index is 13.2. The second-order valence-corrected chi connectivity index (χ2v) is 9.54. The largest absolute Gasteiger partial charge is 0.389 e. The highest BCUT2D eigenvalue weighted by Gasteiger charge is 2.36. The second-order valence-electron chi connectivity index (χ2n) is 9.54. The highest BCUT2D eigenvalue weighted by atomic mass is 16.3. The molecule has 1 fully saturated rings. The molecule has 3 rings (SSSR count). The lowest BCUT2D eigenvalue weighted by Gasteiger charge is -2.29. The maximum Gasteiger partial charge on any atom is 0.249 e. The van der Waals surface area contributed by atoms with Gasteiger partial charge in [-0.3, -0.25) is 14.3 Å². The molecule has 1 aromatic rings. The summed E-state index contributed by atoms with van der Waals surface area (Å²) in [6.45, 7) is 8.22. The minimum Gasteiger partial charge on any atom is -0.389 e. The van der Waals surface area contributed by atoms with E-state index in [1.807, 2.05) is 13.8 Å². The molecule has 1 atom stereocenters. The third kappa shape index (κ3) is 6.08. The molecule has 0 saturated heterocycles. The van der Waals surface area contributed by atoms with E-state index in [4.69, 9.17) is 0 Å². The van der Waals surface area contributed by atoms with Gasteiger partial charge in [-0.2, -0.15) is 5.10 Å². The molecule has 0 radical (unpaired) electrons. The van der Waals surface area contributed by atoms with Gasteiger partial charge < -0.3 is 20.6 Å². The van der Waals surface area contributed by atoms with E-state index in [9.17, 15) is 14.7 Å². The van der Waals surface area contributed by atoms with E-state index in [1.54, 1.807) is 41.8 Å². The first-order chi connectivity index (χ1) is 14.1. The first-order valence-electron chi connectivity index (χ1n) is 10.9. The van der Waals surface area contributed by atoms with Gasteiger partial charge in [0, 0.05) is 30.1 Å². The molecule has 8 heteroatoms. The van der Waals surface area contributed by atoms with Gasteiger partial charge in [0.15, 0.2) is 5.82 Å². The van der Waals surface area contributed by atoms with Crippen LogP contribution in [0.5, 0.6) is 0 Å². The fourth-order valence-corrected chi connectivity index (χ4v) is 4.32. The molecule has 166 valence electrons. The Kier molecular flexibility index (Phi) is 6.85. The molecular formula is C22H35N5O3. The van der Waals surface area contributed by atoms with Crippen LogP contribution in [0, 0.1) is 5.92 Å². The molecule has 8 nitrogen and oxygen atoms in total. The lowest BCUT2D eigenvalue weighted by atomic mass is 9.96. The summed E-state index contributed by atoms with van der Waals surface area (Å²) in [6.07, 6.45) is 8.59. The Hall–Kier alpha value is -2.35. The predicted molar refractivity (Wildman–Crippen MR) is 116 cm³/mol. The van der Waals surface area contributed by atoms with E-state index < -0.39 is 11.6 Å². The molecule has 1 aliphatic heterocycles. The lowest BCUT2D eigenvalue weighted by molar-refractivity contribution is -0.133. The van der Waals surface area contributed by atoms with Crippen molar-refractivity contribution in [2.75, 3.05) is 11.9 Å². The molecule has 3 N–H and O–H groups in total. The van der Waals surface area contributed by atoms with Crippen molar-refractivity contribution in [3.05, 3.63) is 24.0 Å². The van der Waals surface area contributed by atoms with Gasteiger partial charge in [-0.05, 0) is 40.0 Å². The number of carbonyl (C=O) groups is 2. The van der Waals surface area contributed by atoms with Crippen LogP contribution in [0.25, 0.3) is 0 Å². The van der Waals surface area contributed by atoms with E-state index in [-0.39, 0.29) is 17.9 Å². The molecule has 2 heterocycles. The van der Waals surface area contributed by atoms with Crippen molar-refractivity contribution >= 4 is 17.6 Å². The van der Waals surface area contributed by atoms with Gasteiger partial charge in [0.25, 0.3) is 0 Å². The Morgan fingerprint density at radius 3 is 2.67 bits per heavy atom. The highest BCUT2D eigenvalue weighted by molar-refractivity contribution is 5.99. The van der Waals surface area contributed by atoms with Crippen molar-refractivity contribution in [3.8, 4) is 0 Å². The Morgan fingerprint density at radius 1 is 1.33 bits per heavy atom. The zero-order valence-electron chi connectivity index (χ0n) is 18.5. The number of aliphatic hydroxyl groups is 1. The van der Waals surface area contributed by atoms with E-state index in [2.05, 4.69) is 15.7 Å². The molecule has 2 aliphatic rings. The molecule has 30 heavy (non-hydrogen) atoms. The number of anilines is 1. The summed E-state index contributed by atoms with van der Waals surface area (Å²) >= 11 is 0. The van der Waals surface area contributed by atoms with Gasteiger partial charge in [0.05, 0.1) is 18.7 Å². The van der Waals surface area contributed by atoms with Crippen molar-refractivity contribution in [2.45, 2.75) is 84.0 Å². The van der Waals surface area contributed by atoms with Crippen LogP contribution >= 0.6 is 0 Å². The van der Waals surface area contributed by atoms with Crippen molar-refractivity contribution in [3.63, 3.8) is 0 Å². The van der Waals surface area contributed by atoms with Crippen molar-refractivity contribution < 1.29 is 14.7 Å². The predicted octanol–water partition coefficient (Wildman–Crippen LogP) is 2.27. The number of hydrogen-bond donors (Lipinski definition) is 3. The quantitative estimate of drug-likeness (QED) is 0.572. The van der Waals surface area contributed by atoms with Crippen LogP contribution in [-0.4, -0.2) is 55.8 Å². The van der Waals surface area contributed by atoms with Crippen LogP contribution in [0.3, 0.4) is 0 Å². The van der Waals surface area contributed by atoms with Gasteiger partial charge in [0.1, 0.15) is 6.04 Å². The number of rotatable bonds is 9. The van der Waals surface area contributed by atoms with Gasteiger partial charge in [-0.15, -0.1) is 0 Å². The van der Waals surface area contributed by atoms with Gasteiger partial charge >= 0.3 is 0 Å². The molecule has 0 spiro atoms. The molecule has 0 aromatic carbocycles. The lowest BCUT2D eigenvalue weighted by Crippen LogP contribution is -2.47. The number of nitrogens with zero attached hydrogens (tertiary/aromatic N) is 3. The third-order valence-electron chi connectivity index (χ3n) is 5.55. The van der Waals surface area contributed by atoms with Crippen LogP contribution < -0.4 is 10.6 Å². The third-order valence-corrected chi connectivity index (χ3v) is 5.55. The van der Waals surface area contributed by atoms with Crippen molar-refractivity contribution in [1.82, 2.24) is 20.0 Å². The Morgan fingerprint density at radius 2 is 2.03 bits per heavy atom. The first kappa shape index (κ1) is 22.3. The van der Waals surface area contributed by atoms with Crippen LogP contribution in [-0.2, 0) is 16.1 Å². The zero-order chi connectivity index (χ0) is 21.9. The monoisotopic (exact) mass is 417 g/mol. The molecule has 1 unspecified atom stereocenters. The molecule has 2 amide bonds. The summed E-state index contributed by atoms with van der Waals surface area (Å²) in [4.78, 5) is 27.6. The van der Waals surface area contributed by atoms with Crippen LogP contribution in [0.2, 0.25) is 0 Å². The molecular weight excluding hydrogens is 382 g/mol. The Balaban J connectivity index is 1.70. The fourth-order valence-electron chi connectivity index (χ4n) is 4.32. The van der Waals surface area contributed by atoms with Gasteiger partial charge in [-0.1, -0.05) is 25.7 Å². The maximum absolute atomic E-state index is 13.2. The molecule has 1 saturated carbocycles. The normalized spacial score (nSPS) is 18.8. The van der Waals surface area contributed by atoms with Crippen LogP contribution in [0.4, 0.5) is 5.82 Å². The average molecular weight is 418 g/mol. The minimum atomic E-state index is -0.897. The Labute approximate surface area is 178 Å².